The summed E-state index contributed by atoms with van der Waals surface area (Å²) in [6, 6.07) is 6.10. The number of nitrogens with one attached hydrogen (secondary N) is 1. The van der Waals surface area contributed by atoms with Crippen LogP contribution in [-0.4, -0.2) is 50.2 Å². The Morgan fingerprint density at radius 2 is 1.83 bits per heavy atom. The van der Waals surface area contributed by atoms with Gasteiger partial charge in [-0.25, -0.2) is 0 Å². The average Bonchev–Trinajstić information content (AvgIpc) is 2.73. The maximum Gasteiger partial charge on any atom is 0.416 e. The number of carbonyl (C=O) groups excluding carboxylic acids is 1. The van der Waals surface area contributed by atoms with Gasteiger partial charge in [0.2, 0.25) is 5.91 Å². The first-order valence-corrected chi connectivity index (χ1v) is 11.0. The largest absolute Gasteiger partial charge is 0.416 e. The monoisotopic (exact) mass is 426 g/mol. The molecule has 1 heterocycles. The van der Waals surface area contributed by atoms with Crippen LogP contribution in [0.15, 0.2) is 24.3 Å². The Kier molecular flexibility index (Phi) is 8.17. The zero-order valence-corrected chi connectivity index (χ0v) is 17.7. The van der Waals surface area contributed by atoms with E-state index in [1.54, 1.807) is 0 Å². The molecule has 2 aliphatic rings. The Hall–Kier alpha value is -1.60. The third-order valence-corrected chi connectivity index (χ3v) is 6.61. The lowest BCUT2D eigenvalue weighted by molar-refractivity contribution is -0.137. The molecule has 168 valence electrons. The molecule has 0 atom stereocenters. The average molecular weight is 427 g/mol. The zero-order valence-electron chi connectivity index (χ0n) is 17.7. The summed E-state index contributed by atoms with van der Waals surface area (Å²) in [4.78, 5) is 14.1. The van der Waals surface area contributed by atoms with Crippen molar-refractivity contribution in [1.29, 1.82) is 0 Å². The molecule has 1 N–H and O–H groups in total. The lowest BCUT2D eigenvalue weighted by atomic mass is 9.83. The molecular formula is C23H33F3N2O2. The highest BCUT2D eigenvalue weighted by Crippen LogP contribution is 2.34. The Balaban J connectivity index is 1.36. The number of ether oxygens (including phenoxy) is 1. The van der Waals surface area contributed by atoms with Gasteiger partial charge >= 0.3 is 6.18 Å². The fourth-order valence-electron chi connectivity index (χ4n) is 4.82. The van der Waals surface area contributed by atoms with Crippen LogP contribution in [0.2, 0.25) is 0 Å². The smallest absolute Gasteiger partial charge is 0.375 e. The summed E-state index contributed by atoms with van der Waals surface area (Å²) in [6.45, 7) is 3.07. The maximum atomic E-state index is 13.0. The minimum atomic E-state index is -4.28. The number of nitrogens with zero attached hydrogens (tertiary/aromatic N) is 1. The molecule has 0 radical (unpaired) electrons. The number of benzene rings is 1. The second kappa shape index (κ2) is 10.6. The lowest BCUT2D eigenvalue weighted by Crippen LogP contribution is -2.40. The molecule has 0 spiro atoms. The fraction of sp³-hybridized carbons (Fsp3) is 0.696. The van der Waals surface area contributed by atoms with E-state index in [-0.39, 0.29) is 24.5 Å². The summed E-state index contributed by atoms with van der Waals surface area (Å²) in [5.41, 5.74) is 0.273. The standard InChI is InChI=1S/C23H33F3N2O2/c1-30-16-22(29)27-21-7-5-17(6-8-21)9-12-28-13-10-18(11-14-28)19-3-2-4-20(15-19)23(24,25)26/h2-4,15,17-18,21H,5-14,16H2,1H3,(H,27,29). The number of hydrogen-bond donors (Lipinski definition) is 1. The Bertz CT molecular complexity index is 679. The number of carbonyl (C=O) groups is 1. The summed E-state index contributed by atoms with van der Waals surface area (Å²) in [7, 11) is 1.53. The van der Waals surface area contributed by atoms with Crippen molar-refractivity contribution in [3.63, 3.8) is 0 Å². The predicted molar refractivity (Wildman–Crippen MR) is 110 cm³/mol. The fourth-order valence-corrected chi connectivity index (χ4v) is 4.82. The van der Waals surface area contributed by atoms with Crippen molar-refractivity contribution in [2.24, 2.45) is 5.92 Å². The molecule has 0 aromatic heterocycles. The quantitative estimate of drug-likeness (QED) is 0.693. The molecule has 1 aliphatic heterocycles. The molecule has 3 rings (SSSR count). The van der Waals surface area contributed by atoms with Crippen LogP contribution in [0.3, 0.4) is 0 Å². The van der Waals surface area contributed by atoms with Crippen molar-refractivity contribution in [2.75, 3.05) is 33.4 Å². The van der Waals surface area contributed by atoms with Gasteiger partial charge in [0.1, 0.15) is 6.61 Å². The van der Waals surface area contributed by atoms with Crippen LogP contribution in [0.5, 0.6) is 0 Å². The molecule has 1 aromatic rings. The van der Waals surface area contributed by atoms with Gasteiger partial charge in [-0.05, 0) is 88.0 Å². The van der Waals surface area contributed by atoms with E-state index in [0.717, 1.165) is 76.2 Å². The van der Waals surface area contributed by atoms with Crippen molar-refractivity contribution in [2.45, 2.75) is 63.1 Å². The molecule has 1 saturated carbocycles. The summed E-state index contributed by atoms with van der Waals surface area (Å²) in [6.07, 6.45) is 3.04. The first-order valence-electron chi connectivity index (χ1n) is 11.0. The van der Waals surface area contributed by atoms with Gasteiger partial charge in [0.05, 0.1) is 5.56 Å². The van der Waals surface area contributed by atoms with E-state index < -0.39 is 11.7 Å². The van der Waals surface area contributed by atoms with Gasteiger partial charge < -0.3 is 15.0 Å². The number of amides is 1. The Morgan fingerprint density at radius 3 is 2.47 bits per heavy atom. The SMILES string of the molecule is COCC(=O)NC1CCC(CCN2CCC(c3cccc(C(F)(F)F)c3)CC2)CC1. The molecular weight excluding hydrogens is 393 g/mol. The Labute approximate surface area is 177 Å². The molecule has 4 nitrogen and oxygen atoms in total. The number of alkyl halides is 3. The number of piperidine rings is 1. The van der Waals surface area contributed by atoms with Crippen LogP contribution in [0.4, 0.5) is 13.2 Å². The van der Waals surface area contributed by atoms with Gasteiger partial charge in [-0.2, -0.15) is 13.2 Å². The summed E-state index contributed by atoms with van der Waals surface area (Å²) in [5.74, 6) is 0.876. The second-order valence-electron chi connectivity index (χ2n) is 8.75. The molecule has 0 unspecified atom stereocenters. The van der Waals surface area contributed by atoms with E-state index >= 15 is 0 Å². The van der Waals surface area contributed by atoms with E-state index in [1.807, 2.05) is 6.07 Å². The van der Waals surface area contributed by atoms with Crippen LogP contribution in [0.1, 0.15) is 62.0 Å². The maximum absolute atomic E-state index is 13.0. The van der Waals surface area contributed by atoms with E-state index in [2.05, 4.69) is 10.2 Å². The van der Waals surface area contributed by atoms with E-state index in [0.29, 0.717) is 5.92 Å². The van der Waals surface area contributed by atoms with Crippen molar-refractivity contribution >= 4 is 5.91 Å². The van der Waals surface area contributed by atoms with Crippen LogP contribution >= 0.6 is 0 Å². The molecule has 2 fully saturated rings. The zero-order chi connectivity index (χ0) is 21.6. The van der Waals surface area contributed by atoms with E-state index in [1.165, 1.54) is 19.2 Å². The highest BCUT2D eigenvalue weighted by Gasteiger charge is 2.31. The van der Waals surface area contributed by atoms with Crippen LogP contribution in [0.25, 0.3) is 0 Å². The van der Waals surface area contributed by atoms with Gasteiger partial charge in [-0.15, -0.1) is 0 Å². The first-order chi connectivity index (χ1) is 14.3. The molecule has 1 saturated heterocycles. The third kappa shape index (κ3) is 6.71. The minimum Gasteiger partial charge on any atom is -0.375 e. The van der Waals surface area contributed by atoms with Crippen LogP contribution in [0, 0.1) is 5.92 Å². The van der Waals surface area contributed by atoms with Crippen molar-refractivity contribution in [3.05, 3.63) is 35.4 Å². The van der Waals surface area contributed by atoms with Gasteiger partial charge in [0, 0.05) is 13.2 Å². The minimum absolute atomic E-state index is 0.0374. The topological polar surface area (TPSA) is 41.6 Å². The molecule has 1 aliphatic carbocycles. The highest BCUT2D eigenvalue weighted by molar-refractivity contribution is 5.77. The number of likely N-dealkylation sites (tertiary alicyclic amines) is 1. The summed E-state index contributed by atoms with van der Waals surface area (Å²) in [5, 5.41) is 3.03. The van der Waals surface area contributed by atoms with E-state index in [4.69, 9.17) is 4.74 Å². The van der Waals surface area contributed by atoms with Gasteiger partial charge in [0.15, 0.2) is 0 Å². The third-order valence-electron chi connectivity index (χ3n) is 6.61. The lowest BCUT2D eigenvalue weighted by Gasteiger charge is -2.34. The van der Waals surface area contributed by atoms with Crippen molar-refractivity contribution in [3.8, 4) is 0 Å². The van der Waals surface area contributed by atoms with E-state index in [9.17, 15) is 18.0 Å². The van der Waals surface area contributed by atoms with Crippen molar-refractivity contribution < 1.29 is 22.7 Å². The normalized spacial score (nSPS) is 24.0. The number of rotatable bonds is 7. The Morgan fingerprint density at radius 1 is 1.13 bits per heavy atom. The number of halogens is 3. The number of methoxy groups -OCH3 is 1. The first kappa shape index (κ1) is 23.1. The molecule has 7 heteroatoms. The second-order valence-corrected chi connectivity index (χ2v) is 8.75. The molecule has 1 aromatic carbocycles. The molecule has 30 heavy (non-hydrogen) atoms. The van der Waals surface area contributed by atoms with Gasteiger partial charge in [-0.1, -0.05) is 18.2 Å². The van der Waals surface area contributed by atoms with Crippen LogP contribution in [-0.2, 0) is 15.7 Å². The predicted octanol–water partition coefficient (Wildman–Crippen LogP) is 4.60. The summed E-state index contributed by atoms with van der Waals surface area (Å²) < 4.78 is 43.7. The van der Waals surface area contributed by atoms with Crippen LogP contribution < -0.4 is 5.32 Å². The molecule has 0 bridgehead atoms. The van der Waals surface area contributed by atoms with Gasteiger partial charge in [0.25, 0.3) is 0 Å². The number of hydrogen-bond acceptors (Lipinski definition) is 3. The van der Waals surface area contributed by atoms with Gasteiger partial charge in [-0.3, -0.25) is 4.79 Å². The van der Waals surface area contributed by atoms with Crippen molar-refractivity contribution in [1.82, 2.24) is 10.2 Å². The highest BCUT2D eigenvalue weighted by atomic mass is 19.4. The summed E-state index contributed by atoms with van der Waals surface area (Å²) >= 11 is 0. The molecule has 1 amide bonds.